The number of rotatable bonds is 4. The topological polar surface area (TPSA) is 41.9 Å². The van der Waals surface area contributed by atoms with Gasteiger partial charge in [-0.2, -0.15) is 5.10 Å². The van der Waals surface area contributed by atoms with E-state index in [4.69, 9.17) is 35.4 Å². The lowest BCUT2D eigenvalue weighted by Gasteiger charge is -2.11. The Hall–Kier alpha value is -2.08. The largest absolute Gasteiger partial charge is 0.332 e. The van der Waals surface area contributed by atoms with Crippen molar-refractivity contribution in [3.8, 4) is 0 Å². The third kappa shape index (κ3) is 4.55. The van der Waals surface area contributed by atoms with Crippen LogP contribution in [0, 0.1) is 13.8 Å². The Morgan fingerprint density at radius 2 is 1.81 bits per heavy atom. The number of halogens is 2. The average Bonchev–Trinajstić information content (AvgIpc) is 3.01. The second-order valence-electron chi connectivity index (χ2n) is 6.00. The van der Waals surface area contributed by atoms with E-state index in [9.17, 15) is 0 Å². The second-order valence-corrected chi connectivity index (χ2v) is 7.22. The van der Waals surface area contributed by atoms with E-state index in [0.29, 0.717) is 27.5 Å². The van der Waals surface area contributed by atoms with E-state index >= 15 is 0 Å². The molecule has 0 aliphatic heterocycles. The minimum absolute atomic E-state index is 0.484. The van der Waals surface area contributed by atoms with Gasteiger partial charge in [0.2, 0.25) is 0 Å². The summed E-state index contributed by atoms with van der Waals surface area (Å²) in [5.41, 5.74) is 4.15. The summed E-state index contributed by atoms with van der Waals surface area (Å²) in [5, 5.41) is 12.5. The smallest absolute Gasteiger partial charge is 0.176 e. The Balaban J connectivity index is 1.65. The Bertz CT molecular complexity index is 932. The summed E-state index contributed by atoms with van der Waals surface area (Å²) in [6.07, 6.45) is 1.85. The Kier molecular flexibility index (Phi) is 5.81. The van der Waals surface area contributed by atoms with Crippen molar-refractivity contribution in [3.05, 3.63) is 75.4 Å². The molecule has 3 rings (SSSR count). The van der Waals surface area contributed by atoms with Crippen LogP contribution in [0.5, 0.6) is 0 Å². The van der Waals surface area contributed by atoms with Gasteiger partial charge in [0.05, 0.1) is 6.54 Å². The number of anilines is 2. The minimum atomic E-state index is 0.484. The first-order valence-electron chi connectivity index (χ1n) is 8.04. The molecule has 7 heteroatoms. The van der Waals surface area contributed by atoms with Crippen LogP contribution in [-0.4, -0.2) is 14.9 Å². The predicted molar refractivity (Wildman–Crippen MR) is 114 cm³/mol. The van der Waals surface area contributed by atoms with Gasteiger partial charge in [-0.05, 0) is 49.8 Å². The molecule has 0 fully saturated rings. The zero-order chi connectivity index (χ0) is 18.7. The van der Waals surface area contributed by atoms with Crippen molar-refractivity contribution in [3.63, 3.8) is 0 Å². The molecule has 2 N–H and O–H groups in total. The molecular weight excluding hydrogens is 387 g/mol. The lowest BCUT2D eigenvalue weighted by molar-refractivity contribution is 0.690. The molecule has 0 amide bonds. The molecular formula is C19H18Cl2N4S. The summed E-state index contributed by atoms with van der Waals surface area (Å²) < 4.78 is 1.76. The van der Waals surface area contributed by atoms with Crippen LogP contribution < -0.4 is 10.6 Å². The van der Waals surface area contributed by atoms with E-state index in [1.54, 1.807) is 4.68 Å². The number of aryl methyl sites for hydroxylation is 2. The molecule has 134 valence electrons. The van der Waals surface area contributed by atoms with Crippen LogP contribution in [0.2, 0.25) is 10.0 Å². The Morgan fingerprint density at radius 1 is 1.08 bits per heavy atom. The van der Waals surface area contributed by atoms with Gasteiger partial charge in [-0.3, -0.25) is 4.68 Å². The predicted octanol–water partition coefficient (Wildman–Crippen LogP) is 5.66. The van der Waals surface area contributed by atoms with E-state index < -0.39 is 0 Å². The monoisotopic (exact) mass is 404 g/mol. The number of hydrogen-bond acceptors (Lipinski definition) is 2. The maximum Gasteiger partial charge on any atom is 0.176 e. The summed E-state index contributed by atoms with van der Waals surface area (Å²) in [6.45, 7) is 4.59. The highest BCUT2D eigenvalue weighted by Gasteiger charge is 2.08. The van der Waals surface area contributed by atoms with Crippen LogP contribution in [0.25, 0.3) is 0 Å². The van der Waals surface area contributed by atoms with Gasteiger partial charge >= 0.3 is 0 Å². The highest BCUT2D eigenvalue weighted by molar-refractivity contribution is 7.80. The average molecular weight is 405 g/mol. The van der Waals surface area contributed by atoms with Crippen LogP contribution in [0.4, 0.5) is 11.5 Å². The van der Waals surface area contributed by atoms with Crippen molar-refractivity contribution in [1.29, 1.82) is 0 Å². The molecule has 0 spiro atoms. The third-order valence-corrected chi connectivity index (χ3v) is 4.81. The van der Waals surface area contributed by atoms with Gasteiger partial charge in [0.15, 0.2) is 10.9 Å². The van der Waals surface area contributed by atoms with Gasteiger partial charge < -0.3 is 10.6 Å². The SMILES string of the molecule is Cc1ccc(NC(=S)Nc2ccn(Cc3c(Cl)cccc3Cl)n2)c(C)c1. The first kappa shape index (κ1) is 18.7. The minimum Gasteiger partial charge on any atom is -0.332 e. The van der Waals surface area contributed by atoms with Gasteiger partial charge in [-0.1, -0.05) is 47.0 Å². The fraction of sp³-hybridized carbons (Fsp3) is 0.158. The van der Waals surface area contributed by atoms with Crippen molar-refractivity contribution in [2.45, 2.75) is 20.4 Å². The highest BCUT2D eigenvalue weighted by Crippen LogP contribution is 2.25. The van der Waals surface area contributed by atoms with Crippen molar-refractivity contribution in [2.75, 3.05) is 10.6 Å². The number of nitrogens with zero attached hydrogens (tertiary/aromatic N) is 2. The number of benzene rings is 2. The van der Waals surface area contributed by atoms with Crippen LogP contribution in [0.1, 0.15) is 16.7 Å². The number of nitrogens with one attached hydrogen (secondary N) is 2. The molecule has 0 atom stereocenters. The van der Waals surface area contributed by atoms with Crippen molar-refractivity contribution in [1.82, 2.24) is 9.78 Å². The van der Waals surface area contributed by atoms with Gasteiger partial charge in [0.1, 0.15) is 0 Å². The molecule has 2 aromatic carbocycles. The molecule has 0 saturated carbocycles. The molecule has 0 aliphatic carbocycles. The zero-order valence-corrected chi connectivity index (χ0v) is 16.7. The molecule has 0 radical (unpaired) electrons. The summed E-state index contributed by atoms with van der Waals surface area (Å²) in [7, 11) is 0. The summed E-state index contributed by atoms with van der Waals surface area (Å²) in [4.78, 5) is 0. The molecule has 1 heterocycles. The van der Waals surface area contributed by atoms with E-state index in [0.717, 1.165) is 16.8 Å². The molecule has 1 aromatic heterocycles. The van der Waals surface area contributed by atoms with Crippen LogP contribution in [-0.2, 0) is 6.54 Å². The molecule has 3 aromatic rings. The Morgan fingerprint density at radius 3 is 2.50 bits per heavy atom. The zero-order valence-electron chi connectivity index (χ0n) is 14.4. The molecule has 0 unspecified atom stereocenters. The van der Waals surface area contributed by atoms with E-state index in [1.165, 1.54) is 5.56 Å². The fourth-order valence-corrected chi connectivity index (χ4v) is 3.32. The van der Waals surface area contributed by atoms with Gasteiger partial charge in [0, 0.05) is 33.6 Å². The Labute approximate surface area is 168 Å². The summed E-state index contributed by atoms with van der Waals surface area (Å²) in [6, 6.07) is 13.5. The maximum atomic E-state index is 6.21. The summed E-state index contributed by atoms with van der Waals surface area (Å²) >= 11 is 17.8. The first-order valence-corrected chi connectivity index (χ1v) is 9.20. The normalized spacial score (nSPS) is 10.6. The molecule has 26 heavy (non-hydrogen) atoms. The molecule has 4 nitrogen and oxygen atoms in total. The van der Waals surface area contributed by atoms with Crippen molar-refractivity contribution < 1.29 is 0 Å². The lowest BCUT2D eigenvalue weighted by atomic mass is 10.1. The molecule has 0 saturated heterocycles. The number of thiocarbonyl (C=S) groups is 1. The number of hydrogen-bond donors (Lipinski definition) is 2. The van der Waals surface area contributed by atoms with Crippen molar-refractivity contribution >= 4 is 52.0 Å². The van der Waals surface area contributed by atoms with Crippen LogP contribution in [0.15, 0.2) is 48.7 Å². The maximum absolute atomic E-state index is 6.21. The van der Waals surface area contributed by atoms with E-state index in [2.05, 4.69) is 28.7 Å². The van der Waals surface area contributed by atoms with E-state index in [1.807, 2.05) is 49.5 Å². The van der Waals surface area contributed by atoms with Gasteiger partial charge in [0.25, 0.3) is 0 Å². The van der Waals surface area contributed by atoms with Crippen molar-refractivity contribution in [2.24, 2.45) is 0 Å². The fourth-order valence-electron chi connectivity index (χ4n) is 2.59. The van der Waals surface area contributed by atoms with Crippen LogP contribution in [0.3, 0.4) is 0 Å². The van der Waals surface area contributed by atoms with E-state index in [-0.39, 0.29) is 0 Å². The molecule has 0 aliphatic rings. The third-order valence-electron chi connectivity index (χ3n) is 3.89. The van der Waals surface area contributed by atoms with Gasteiger partial charge in [-0.25, -0.2) is 0 Å². The summed E-state index contributed by atoms with van der Waals surface area (Å²) in [5.74, 6) is 0.649. The number of aromatic nitrogens is 2. The standard InChI is InChI=1S/C19H18Cl2N4S/c1-12-6-7-17(13(2)10-12)22-19(26)23-18-8-9-25(24-18)11-14-15(20)4-3-5-16(14)21/h3-10H,11H2,1-2H3,(H2,22,23,24,26). The highest BCUT2D eigenvalue weighted by atomic mass is 35.5. The molecule has 0 bridgehead atoms. The quantitative estimate of drug-likeness (QED) is 0.550. The first-order chi connectivity index (χ1) is 12.4. The van der Waals surface area contributed by atoms with Crippen LogP contribution >= 0.6 is 35.4 Å². The van der Waals surface area contributed by atoms with Gasteiger partial charge in [-0.15, -0.1) is 0 Å². The lowest BCUT2D eigenvalue weighted by Crippen LogP contribution is -2.20. The second kappa shape index (κ2) is 8.08.